The number of ether oxygens (including phenoxy) is 3. The third kappa shape index (κ3) is 4.32. The molecule has 29 heavy (non-hydrogen) atoms. The van der Waals surface area contributed by atoms with Crippen LogP contribution in [-0.2, 0) is 10.0 Å². The fourth-order valence-corrected chi connectivity index (χ4v) is 3.90. The molecule has 0 atom stereocenters. The van der Waals surface area contributed by atoms with Crippen molar-refractivity contribution in [1.29, 1.82) is 0 Å². The monoisotopic (exact) mass is 417 g/mol. The van der Waals surface area contributed by atoms with Crippen LogP contribution in [0.2, 0.25) is 0 Å². The lowest BCUT2D eigenvalue weighted by atomic mass is 10.1. The van der Waals surface area contributed by atoms with Crippen molar-refractivity contribution in [2.24, 2.45) is 0 Å². The number of anilines is 1. The Morgan fingerprint density at radius 3 is 2.24 bits per heavy atom. The van der Waals surface area contributed by atoms with Crippen LogP contribution in [0.1, 0.15) is 0 Å². The van der Waals surface area contributed by atoms with Crippen LogP contribution in [0, 0.1) is 0 Å². The number of aromatic amines is 1. The largest absolute Gasteiger partial charge is 0.497 e. The highest BCUT2D eigenvalue weighted by atomic mass is 32.2. The Labute approximate surface area is 167 Å². The SMILES string of the molecule is COc1ccc(OC)c(NS(=O)(=O)c2cc(-c3ccc(=O)[nH]n3)ccc2OC)c1. The van der Waals surface area contributed by atoms with Gasteiger partial charge in [-0.25, -0.2) is 13.5 Å². The summed E-state index contributed by atoms with van der Waals surface area (Å²) in [7, 11) is 0.220. The van der Waals surface area contributed by atoms with Crippen molar-refractivity contribution in [3.05, 3.63) is 58.9 Å². The van der Waals surface area contributed by atoms with Gasteiger partial charge in [0.05, 0.1) is 32.7 Å². The van der Waals surface area contributed by atoms with Crippen LogP contribution in [-0.4, -0.2) is 39.9 Å². The number of hydrogen-bond donors (Lipinski definition) is 2. The topological polar surface area (TPSA) is 120 Å². The molecule has 1 aromatic heterocycles. The molecule has 0 amide bonds. The Hall–Kier alpha value is -3.53. The van der Waals surface area contributed by atoms with Gasteiger partial charge in [0.2, 0.25) is 0 Å². The second-order valence-electron chi connectivity index (χ2n) is 5.84. The Morgan fingerprint density at radius 2 is 1.62 bits per heavy atom. The highest BCUT2D eigenvalue weighted by Crippen LogP contribution is 2.34. The molecule has 0 spiro atoms. The first-order valence-electron chi connectivity index (χ1n) is 8.37. The number of aromatic nitrogens is 2. The van der Waals surface area contributed by atoms with Gasteiger partial charge in [-0.3, -0.25) is 9.52 Å². The van der Waals surface area contributed by atoms with E-state index in [4.69, 9.17) is 14.2 Å². The van der Waals surface area contributed by atoms with Crippen LogP contribution in [0.15, 0.2) is 58.2 Å². The summed E-state index contributed by atoms with van der Waals surface area (Å²) >= 11 is 0. The van der Waals surface area contributed by atoms with Crippen LogP contribution in [0.3, 0.4) is 0 Å². The van der Waals surface area contributed by atoms with Crippen molar-refractivity contribution < 1.29 is 22.6 Å². The summed E-state index contributed by atoms with van der Waals surface area (Å²) in [6.45, 7) is 0. The van der Waals surface area contributed by atoms with E-state index in [1.54, 1.807) is 18.2 Å². The van der Waals surface area contributed by atoms with Crippen molar-refractivity contribution in [3.63, 3.8) is 0 Å². The van der Waals surface area contributed by atoms with Crippen LogP contribution >= 0.6 is 0 Å². The molecule has 2 aromatic carbocycles. The number of rotatable bonds is 7. The first-order valence-corrected chi connectivity index (χ1v) is 9.85. The third-order valence-corrected chi connectivity index (χ3v) is 5.47. The van der Waals surface area contributed by atoms with E-state index in [0.29, 0.717) is 22.8 Å². The lowest BCUT2D eigenvalue weighted by molar-refractivity contribution is 0.402. The smallest absolute Gasteiger partial charge is 0.265 e. The molecule has 9 nitrogen and oxygen atoms in total. The van der Waals surface area contributed by atoms with Gasteiger partial charge in [0, 0.05) is 17.7 Å². The van der Waals surface area contributed by atoms with Gasteiger partial charge in [-0.05, 0) is 36.4 Å². The standard InChI is InChI=1S/C19H19N3O6S/c1-26-13-5-8-16(27-2)15(11-13)22-29(24,25)18-10-12(4-7-17(18)28-3)14-6-9-19(23)21-20-14/h4-11,22H,1-3H3,(H,21,23). The van der Waals surface area contributed by atoms with Crippen LogP contribution in [0.5, 0.6) is 17.2 Å². The average Bonchev–Trinajstić information content (AvgIpc) is 2.73. The summed E-state index contributed by atoms with van der Waals surface area (Å²) in [5, 5.41) is 6.25. The second kappa shape index (κ2) is 8.23. The van der Waals surface area contributed by atoms with Crippen molar-refractivity contribution in [3.8, 4) is 28.5 Å². The fourth-order valence-electron chi connectivity index (χ4n) is 2.64. The zero-order valence-corrected chi connectivity index (χ0v) is 16.7. The van der Waals surface area contributed by atoms with Gasteiger partial charge in [-0.2, -0.15) is 5.10 Å². The van der Waals surface area contributed by atoms with E-state index in [1.165, 1.54) is 51.7 Å². The van der Waals surface area contributed by atoms with E-state index < -0.39 is 10.0 Å². The predicted octanol–water partition coefficient (Wildman–Crippen LogP) is 2.26. The highest BCUT2D eigenvalue weighted by Gasteiger charge is 2.23. The van der Waals surface area contributed by atoms with E-state index in [9.17, 15) is 13.2 Å². The molecule has 2 N–H and O–H groups in total. The summed E-state index contributed by atoms with van der Waals surface area (Å²) in [5.41, 5.74) is 0.742. The molecule has 0 aliphatic carbocycles. The summed E-state index contributed by atoms with van der Waals surface area (Å²) in [6.07, 6.45) is 0. The highest BCUT2D eigenvalue weighted by molar-refractivity contribution is 7.92. The lowest BCUT2D eigenvalue weighted by Gasteiger charge is -2.15. The molecular formula is C19H19N3O6S. The zero-order valence-electron chi connectivity index (χ0n) is 15.9. The summed E-state index contributed by atoms with van der Waals surface area (Å²) in [6, 6.07) is 12.1. The van der Waals surface area contributed by atoms with Gasteiger partial charge in [0.25, 0.3) is 15.6 Å². The number of nitrogens with one attached hydrogen (secondary N) is 2. The molecule has 0 aliphatic rings. The first kappa shape index (κ1) is 20.2. The van der Waals surface area contributed by atoms with E-state index in [2.05, 4.69) is 14.9 Å². The van der Waals surface area contributed by atoms with Crippen molar-refractivity contribution in [1.82, 2.24) is 10.2 Å². The Balaban J connectivity index is 2.07. The van der Waals surface area contributed by atoms with Crippen LogP contribution in [0.25, 0.3) is 11.3 Å². The molecule has 0 saturated heterocycles. The number of sulfonamides is 1. The Bertz CT molecular complexity index is 1170. The lowest BCUT2D eigenvalue weighted by Crippen LogP contribution is -2.15. The molecule has 0 aliphatic heterocycles. The van der Waals surface area contributed by atoms with E-state index in [-0.39, 0.29) is 21.9 Å². The summed E-state index contributed by atoms with van der Waals surface area (Å²) < 4.78 is 44.4. The van der Waals surface area contributed by atoms with E-state index in [1.807, 2.05) is 0 Å². The molecule has 152 valence electrons. The Kier molecular flexibility index (Phi) is 5.74. The average molecular weight is 417 g/mol. The molecule has 3 aromatic rings. The molecular weight excluding hydrogens is 398 g/mol. The molecule has 0 fully saturated rings. The van der Waals surface area contributed by atoms with Gasteiger partial charge < -0.3 is 14.2 Å². The molecule has 10 heteroatoms. The minimum absolute atomic E-state index is 0.102. The van der Waals surface area contributed by atoms with Gasteiger partial charge in [-0.15, -0.1) is 0 Å². The Morgan fingerprint density at radius 1 is 0.897 bits per heavy atom. The van der Waals surface area contributed by atoms with Gasteiger partial charge >= 0.3 is 0 Å². The van der Waals surface area contributed by atoms with E-state index >= 15 is 0 Å². The number of benzene rings is 2. The quantitative estimate of drug-likeness (QED) is 0.605. The molecule has 1 heterocycles. The maximum atomic E-state index is 13.1. The summed E-state index contributed by atoms with van der Waals surface area (Å²) in [4.78, 5) is 11.1. The number of methoxy groups -OCH3 is 3. The van der Waals surface area contributed by atoms with E-state index in [0.717, 1.165) is 0 Å². The third-order valence-electron chi connectivity index (χ3n) is 4.08. The van der Waals surface area contributed by atoms with Crippen LogP contribution < -0.4 is 24.5 Å². The summed E-state index contributed by atoms with van der Waals surface area (Å²) in [5.74, 6) is 0.931. The molecule has 3 rings (SSSR count). The predicted molar refractivity (Wildman–Crippen MR) is 107 cm³/mol. The number of nitrogens with zero attached hydrogens (tertiary/aromatic N) is 1. The van der Waals surface area contributed by atoms with Gasteiger partial charge in [0.15, 0.2) is 0 Å². The minimum Gasteiger partial charge on any atom is -0.497 e. The molecule has 0 bridgehead atoms. The number of hydrogen-bond acceptors (Lipinski definition) is 7. The van der Waals surface area contributed by atoms with Gasteiger partial charge in [0.1, 0.15) is 22.1 Å². The molecule has 0 radical (unpaired) electrons. The van der Waals surface area contributed by atoms with Gasteiger partial charge in [-0.1, -0.05) is 0 Å². The fraction of sp³-hybridized carbons (Fsp3) is 0.158. The second-order valence-corrected chi connectivity index (χ2v) is 7.49. The van der Waals surface area contributed by atoms with Crippen molar-refractivity contribution in [2.75, 3.05) is 26.1 Å². The number of H-pyrrole nitrogens is 1. The normalized spacial score (nSPS) is 11.0. The van der Waals surface area contributed by atoms with Crippen molar-refractivity contribution >= 4 is 15.7 Å². The molecule has 0 unspecified atom stereocenters. The van der Waals surface area contributed by atoms with Crippen LogP contribution in [0.4, 0.5) is 5.69 Å². The van der Waals surface area contributed by atoms with Crippen molar-refractivity contribution in [2.45, 2.75) is 4.90 Å². The maximum absolute atomic E-state index is 13.1. The molecule has 0 saturated carbocycles. The minimum atomic E-state index is -4.06. The maximum Gasteiger partial charge on any atom is 0.265 e. The first-order chi connectivity index (χ1) is 13.9. The zero-order chi connectivity index (χ0) is 21.0.